The number of ether oxygens (including phenoxy) is 1. The van der Waals surface area contributed by atoms with Crippen LogP contribution in [0.5, 0.6) is 5.75 Å². The van der Waals surface area contributed by atoms with Crippen molar-refractivity contribution in [2.75, 3.05) is 7.11 Å². The van der Waals surface area contributed by atoms with E-state index in [0.717, 1.165) is 26.8 Å². The van der Waals surface area contributed by atoms with Crippen molar-refractivity contribution in [1.29, 1.82) is 0 Å². The average Bonchev–Trinajstić information content (AvgIpc) is 3.09. The van der Waals surface area contributed by atoms with E-state index in [2.05, 4.69) is 0 Å². The minimum Gasteiger partial charge on any atom is -0.497 e. The van der Waals surface area contributed by atoms with Crippen molar-refractivity contribution >= 4 is 28.4 Å². The number of hydrogen-bond acceptors (Lipinski definition) is 3. The van der Waals surface area contributed by atoms with Gasteiger partial charge in [-0.15, -0.1) is 0 Å². The highest BCUT2D eigenvalue weighted by Gasteiger charge is 2.15. The molecule has 31 heavy (non-hydrogen) atoms. The predicted octanol–water partition coefficient (Wildman–Crippen LogP) is 6.72. The van der Waals surface area contributed by atoms with Gasteiger partial charge in [0.15, 0.2) is 5.78 Å². The number of aromatic nitrogens is 1. The third-order valence-electron chi connectivity index (χ3n) is 5.06. The summed E-state index contributed by atoms with van der Waals surface area (Å²) < 4.78 is 34.7. The van der Waals surface area contributed by atoms with Crippen molar-refractivity contribution < 1.29 is 18.3 Å². The van der Waals surface area contributed by atoms with Crippen LogP contribution in [0.25, 0.3) is 10.9 Å². The molecule has 158 valence electrons. The summed E-state index contributed by atoms with van der Waals surface area (Å²) in [6.45, 7) is 2.15. The van der Waals surface area contributed by atoms with Crippen molar-refractivity contribution in [3.05, 3.63) is 89.6 Å². The third kappa shape index (κ3) is 4.49. The molecule has 0 atom stereocenters. The maximum absolute atomic E-state index is 13.7. The van der Waals surface area contributed by atoms with Crippen LogP contribution in [0.15, 0.2) is 76.7 Å². The number of rotatable bonds is 7. The van der Waals surface area contributed by atoms with E-state index in [1.54, 1.807) is 7.11 Å². The highest BCUT2D eigenvalue weighted by atomic mass is 32.2. The van der Waals surface area contributed by atoms with Crippen LogP contribution in [0, 0.1) is 11.6 Å². The second-order valence-corrected chi connectivity index (χ2v) is 8.24. The summed E-state index contributed by atoms with van der Waals surface area (Å²) >= 11 is 1.51. The van der Waals surface area contributed by atoms with Gasteiger partial charge in [-0.25, -0.2) is 8.78 Å². The molecule has 0 aliphatic rings. The first-order valence-corrected chi connectivity index (χ1v) is 10.7. The van der Waals surface area contributed by atoms with Crippen LogP contribution in [0.4, 0.5) is 8.78 Å². The van der Waals surface area contributed by atoms with E-state index in [0.29, 0.717) is 29.8 Å². The van der Waals surface area contributed by atoms with E-state index in [-0.39, 0.29) is 5.78 Å². The molecular weight excluding hydrogens is 416 g/mol. The van der Waals surface area contributed by atoms with Gasteiger partial charge in [0.1, 0.15) is 17.4 Å². The Morgan fingerprint density at radius 3 is 2.45 bits per heavy atom. The Bertz CT molecular complexity index is 1250. The van der Waals surface area contributed by atoms with Gasteiger partial charge in [-0.2, -0.15) is 0 Å². The molecule has 0 saturated heterocycles. The zero-order valence-corrected chi connectivity index (χ0v) is 18.0. The first kappa shape index (κ1) is 21.1. The van der Waals surface area contributed by atoms with Gasteiger partial charge in [0.25, 0.3) is 0 Å². The summed E-state index contributed by atoms with van der Waals surface area (Å²) in [5.41, 5.74) is 2.10. The van der Waals surface area contributed by atoms with Gasteiger partial charge in [0.2, 0.25) is 0 Å². The van der Waals surface area contributed by atoms with Gasteiger partial charge in [-0.1, -0.05) is 36.9 Å². The summed E-state index contributed by atoms with van der Waals surface area (Å²) in [7, 11) is 1.60. The van der Waals surface area contributed by atoms with Crippen LogP contribution in [0.1, 0.15) is 29.3 Å². The maximum Gasteiger partial charge on any atom is 0.163 e. The van der Waals surface area contributed by atoms with Crippen LogP contribution in [0.3, 0.4) is 0 Å². The van der Waals surface area contributed by atoms with E-state index in [1.165, 1.54) is 23.9 Å². The number of ketones is 1. The monoisotopic (exact) mass is 437 g/mol. The largest absolute Gasteiger partial charge is 0.497 e. The summed E-state index contributed by atoms with van der Waals surface area (Å²) in [5, 5.41) is 0.974. The van der Waals surface area contributed by atoms with Crippen LogP contribution < -0.4 is 4.74 Å². The zero-order chi connectivity index (χ0) is 22.0. The summed E-state index contributed by atoms with van der Waals surface area (Å²) in [4.78, 5) is 14.2. The standard InChI is InChI=1S/C25H21F2NO2S/c1-3-23(29)21-6-4-5-7-24(21)31-25-15-28(14-16-10-17(26)12-18(27)11-16)22-13-19(30-2)8-9-20(22)25/h4-13,15H,3,14H2,1-2H3. The molecule has 0 fully saturated rings. The lowest BCUT2D eigenvalue weighted by molar-refractivity contribution is 0.0985. The molecule has 0 unspecified atom stereocenters. The van der Waals surface area contributed by atoms with E-state index >= 15 is 0 Å². The molecule has 0 amide bonds. The SMILES string of the molecule is CCC(=O)c1ccccc1Sc1cn(Cc2cc(F)cc(F)c2)c2cc(OC)ccc12. The quantitative estimate of drug-likeness (QED) is 0.301. The van der Waals surface area contributed by atoms with Gasteiger partial charge in [0.05, 0.1) is 12.6 Å². The lowest BCUT2D eigenvalue weighted by Gasteiger charge is -2.07. The molecule has 0 saturated carbocycles. The molecule has 4 rings (SSSR count). The molecule has 0 aliphatic heterocycles. The van der Waals surface area contributed by atoms with Gasteiger partial charge in [0, 0.05) is 52.0 Å². The Labute approximate surface area is 183 Å². The van der Waals surface area contributed by atoms with Crippen molar-refractivity contribution in [3.63, 3.8) is 0 Å². The fourth-order valence-electron chi connectivity index (χ4n) is 3.57. The van der Waals surface area contributed by atoms with Crippen LogP contribution >= 0.6 is 11.8 Å². The highest BCUT2D eigenvalue weighted by molar-refractivity contribution is 7.99. The topological polar surface area (TPSA) is 31.2 Å². The number of hydrogen-bond donors (Lipinski definition) is 0. The van der Waals surface area contributed by atoms with E-state index in [9.17, 15) is 13.6 Å². The van der Waals surface area contributed by atoms with E-state index < -0.39 is 11.6 Å². The normalized spacial score (nSPS) is 11.1. The summed E-state index contributed by atoms with van der Waals surface area (Å²) in [6, 6.07) is 16.8. The van der Waals surface area contributed by atoms with Crippen LogP contribution in [0.2, 0.25) is 0 Å². The third-order valence-corrected chi connectivity index (χ3v) is 6.18. The first-order chi connectivity index (χ1) is 15.0. The number of Topliss-reactive ketones (excluding diaryl/α,β-unsaturated/α-hetero) is 1. The molecular formula is C25H21F2NO2S. The number of halogens is 2. The van der Waals surface area contributed by atoms with Crippen molar-refractivity contribution in [3.8, 4) is 5.75 Å². The second-order valence-electron chi connectivity index (χ2n) is 7.16. The minimum absolute atomic E-state index is 0.0868. The van der Waals surface area contributed by atoms with Crippen molar-refractivity contribution in [2.45, 2.75) is 29.7 Å². The Balaban J connectivity index is 1.79. The molecule has 1 heterocycles. The maximum atomic E-state index is 13.7. The molecule has 0 N–H and O–H groups in total. The molecule has 6 heteroatoms. The lowest BCUT2D eigenvalue weighted by atomic mass is 10.1. The summed E-state index contributed by atoms with van der Waals surface area (Å²) in [6.07, 6.45) is 2.38. The molecule has 0 bridgehead atoms. The first-order valence-electron chi connectivity index (χ1n) is 9.90. The zero-order valence-electron chi connectivity index (χ0n) is 17.2. The number of carbonyl (C=O) groups is 1. The molecule has 0 aliphatic carbocycles. The van der Waals surface area contributed by atoms with Gasteiger partial charge in [-0.3, -0.25) is 4.79 Å². The fourth-order valence-corrected chi connectivity index (χ4v) is 4.71. The van der Waals surface area contributed by atoms with Crippen LogP contribution in [-0.2, 0) is 6.54 Å². The Hall–Kier alpha value is -3.12. The van der Waals surface area contributed by atoms with Crippen molar-refractivity contribution in [1.82, 2.24) is 4.57 Å². The lowest BCUT2D eigenvalue weighted by Crippen LogP contribution is -1.99. The van der Waals surface area contributed by atoms with Crippen LogP contribution in [-0.4, -0.2) is 17.5 Å². The Kier molecular flexibility index (Phi) is 6.09. The molecule has 1 aromatic heterocycles. The highest BCUT2D eigenvalue weighted by Crippen LogP contribution is 2.38. The minimum atomic E-state index is -0.606. The Morgan fingerprint density at radius 1 is 1.00 bits per heavy atom. The second kappa shape index (κ2) is 8.94. The Morgan fingerprint density at radius 2 is 1.74 bits per heavy atom. The van der Waals surface area contributed by atoms with E-state index in [1.807, 2.05) is 60.2 Å². The van der Waals surface area contributed by atoms with Crippen molar-refractivity contribution in [2.24, 2.45) is 0 Å². The number of benzene rings is 3. The number of fused-ring (bicyclic) bond motifs is 1. The van der Waals surface area contributed by atoms with Gasteiger partial charge in [-0.05, 0) is 35.9 Å². The predicted molar refractivity (Wildman–Crippen MR) is 119 cm³/mol. The molecule has 0 spiro atoms. The fraction of sp³-hybridized carbons (Fsp3) is 0.160. The number of carbonyl (C=O) groups excluding carboxylic acids is 1. The molecule has 4 aromatic rings. The summed E-state index contributed by atoms with van der Waals surface area (Å²) in [5.74, 6) is -0.435. The smallest absolute Gasteiger partial charge is 0.163 e. The molecule has 0 radical (unpaired) electrons. The number of nitrogens with zero attached hydrogens (tertiary/aromatic N) is 1. The van der Waals surface area contributed by atoms with E-state index in [4.69, 9.17) is 4.74 Å². The van der Waals surface area contributed by atoms with Gasteiger partial charge >= 0.3 is 0 Å². The molecule has 3 nitrogen and oxygen atoms in total. The number of methoxy groups -OCH3 is 1. The van der Waals surface area contributed by atoms with Gasteiger partial charge < -0.3 is 9.30 Å². The average molecular weight is 438 g/mol. The molecule has 3 aromatic carbocycles.